The molecule has 0 saturated carbocycles. The van der Waals surface area contributed by atoms with Gasteiger partial charge >= 0.3 is 0 Å². The number of carbonyl (C=O) groups excluding carboxylic acids is 1. The number of primary amides is 1. The maximum absolute atomic E-state index is 12.3. The van der Waals surface area contributed by atoms with Gasteiger partial charge in [0, 0.05) is 26.2 Å². The van der Waals surface area contributed by atoms with Crippen molar-refractivity contribution in [3.05, 3.63) is 4.88 Å². The highest BCUT2D eigenvalue weighted by molar-refractivity contribution is 7.92. The molecule has 5 N–H and O–H groups in total. The number of hydrogen-bond donors (Lipinski definition) is 3. The molecule has 0 aliphatic carbocycles. The summed E-state index contributed by atoms with van der Waals surface area (Å²) in [6.45, 7) is 4.41. The molecule has 0 spiro atoms. The van der Waals surface area contributed by atoms with Crippen molar-refractivity contribution in [3.63, 3.8) is 0 Å². The lowest BCUT2D eigenvalue weighted by Gasteiger charge is -2.28. The molecule has 0 atom stereocenters. The number of piperazine rings is 1. The van der Waals surface area contributed by atoms with E-state index in [4.69, 9.17) is 11.5 Å². The minimum atomic E-state index is -3.51. The third-order valence-corrected chi connectivity index (χ3v) is 6.41. The lowest BCUT2D eigenvalue weighted by molar-refractivity contribution is 0.100. The Morgan fingerprint density at radius 2 is 2.00 bits per heavy atom. The highest BCUT2D eigenvalue weighted by Crippen LogP contribution is 2.41. The molecule has 7 nitrogen and oxygen atoms in total. The van der Waals surface area contributed by atoms with E-state index in [1.807, 2.05) is 4.90 Å². The van der Waals surface area contributed by atoms with Crippen LogP contribution in [0.2, 0.25) is 0 Å². The van der Waals surface area contributed by atoms with Crippen molar-refractivity contribution in [2.24, 2.45) is 5.73 Å². The Bertz CT molecular complexity index is 618. The van der Waals surface area contributed by atoms with E-state index in [1.54, 1.807) is 6.92 Å². The molecule has 1 aliphatic rings. The fourth-order valence-electron chi connectivity index (χ4n) is 2.12. The van der Waals surface area contributed by atoms with E-state index in [0.29, 0.717) is 18.1 Å². The van der Waals surface area contributed by atoms with Crippen LogP contribution in [0.25, 0.3) is 0 Å². The van der Waals surface area contributed by atoms with Crippen LogP contribution in [0, 0.1) is 0 Å². The minimum Gasteiger partial charge on any atom is -0.396 e. The van der Waals surface area contributed by atoms with E-state index in [-0.39, 0.29) is 21.2 Å². The molecule has 1 aliphatic heterocycles. The Balaban J connectivity index is 2.59. The summed E-state index contributed by atoms with van der Waals surface area (Å²) in [7, 11) is -3.51. The molecule has 1 saturated heterocycles. The van der Waals surface area contributed by atoms with Crippen LogP contribution >= 0.6 is 11.3 Å². The Morgan fingerprint density at radius 1 is 1.40 bits per heavy atom. The molecule has 0 unspecified atom stereocenters. The van der Waals surface area contributed by atoms with E-state index in [0.717, 1.165) is 24.4 Å². The fourth-order valence-corrected chi connectivity index (χ4v) is 4.83. The lowest BCUT2D eigenvalue weighted by Crippen LogP contribution is -2.43. The van der Waals surface area contributed by atoms with Crippen LogP contribution in [-0.4, -0.2) is 46.3 Å². The highest BCUT2D eigenvalue weighted by Gasteiger charge is 2.30. The zero-order valence-corrected chi connectivity index (χ0v) is 12.8. The first-order valence-corrected chi connectivity index (χ1v) is 8.75. The summed E-state index contributed by atoms with van der Waals surface area (Å²) in [6.07, 6.45) is 0. The van der Waals surface area contributed by atoms with Crippen molar-refractivity contribution >= 4 is 37.8 Å². The van der Waals surface area contributed by atoms with E-state index >= 15 is 0 Å². The van der Waals surface area contributed by atoms with E-state index in [9.17, 15) is 13.2 Å². The zero-order valence-electron chi connectivity index (χ0n) is 11.2. The van der Waals surface area contributed by atoms with Crippen molar-refractivity contribution in [1.82, 2.24) is 5.32 Å². The Morgan fingerprint density at radius 3 is 2.50 bits per heavy atom. The predicted molar refractivity (Wildman–Crippen MR) is 80.1 cm³/mol. The second-order valence-corrected chi connectivity index (χ2v) is 7.70. The minimum absolute atomic E-state index is 0.0158. The maximum atomic E-state index is 12.3. The van der Waals surface area contributed by atoms with Gasteiger partial charge in [-0.05, 0) is 0 Å². The topological polar surface area (TPSA) is 119 Å². The van der Waals surface area contributed by atoms with Crippen molar-refractivity contribution in [3.8, 4) is 0 Å². The number of nitrogens with one attached hydrogen (secondary N) is 1. The van der Waals surface area contributed by atoms with Gasteiger partial charge < -0.3 is 21.7 Å². The van der Waals surface area contributed by atoms with Gasteiger partial charge in [-0.25, -0.2) is 8.42 Å². The summed E-state index contributed by atoms with van der Waals surface area (Å²) in [5.74, 6) is -0.757. The van der Waals surface area contributed by atoms with E-state index < -0.39 is 15.7 Å². The van der Waals surface area contributed by atoms with Gasteiger partial charge in [0.1, 0.15) is 14.8 Å². The summed E-state index contributed by atoms with van der Waals surface area (Å²) in [4.78, 5) is 13.5. The Hall–Kier alpha value is -1.32. The highest BCUT2D eigenvalue weighted by atomic mass is 32.2. The predicted octanol–water partition coefficient (Wildman–Crippen LogP) is -0.368. The SMILES string of the molecule is CCS(=O)(=O)c1c(N2CCNCC2)sc(C(N)=O)c1N. The molecule has 2 heterocycles. The van der Waals surface area contributed by atoms with Crippen LogP contribution in [0.1, 0.15) is 16.6 Å². The molecule has 0 radical (unpaired) electrons. The largest absolute Gasteiger partial charge is 0.396 e. The molecule has 0 aromatic carbocycles. The number of amides is 1. The molecule has 1 aromatic heterocycles. The molecule has 1 amide bonds. The van der Waals surface area contributed by atoms with Crippen molar-refractivity contribution in [2.45, 2.75) is 11.8 Å². The molecule has 2 rings (SSSR count). The molecule has 9 heteroatoms. The van der Waals surface area contributed by atoms with Crippen LogP contribution in [0.3, 0.4) is 0 Å². The van der Waals surface area contributed by atoms with Crippen molar-refractivity contribution < 1.29 is 13.2 Å². The number of carbonyl (C=O) groups is 1. The molecule has 0 bridgehead atoms. The zero-order chi connectivity index (χ0) is 14.9. The van der Waals surface area contributed by atoms with Gasteiger partial charge in [0.05, 0.1) is 11.4 Å². The number of sulfone groups is 1. The number of nitrogens with zero attached hydrogens (tertiary/aromatic N) is 1. The third-order valence-electron chi connectivity index (χ3n) is 3.20. The van der Waals surface area contributed by atoms with Gasteiger partial charge in [-0.3, -0.25) is 4.79 Å². The summed E-state index contributed by atoms with van der Waals surface area (Å²) in [5.41, 5.74) is 11.1. The van der Waals surface area contributed by atoms with Gasteiger partial charge in [-0.15, -0.1) is 11.3 Å². The molecule has 1 aromatic rings. The van der Waals surface area contributed by atoms with Crippen molar-refractivity contribution in [1.29, 1.82) is 0 Å². The van der Waals surface area contributed by atoms with E-state index in [2.05, 4.69) is 5.32 Å². The first kappa shape index (κ1) is 15.1. The Kier molecular flexibility index (Phi) is 4.21. The molecular weight excluding hydrogens is 300 g/mol. The number of anilines is 2. The summed E-state index contributed by atoms with van der Waals surface area (Å²) < 4.78 is 24.5. The molecule has 20 heavy (non-hydrogen) atoms. The summed E-state index contributed by atoms with van der Waals surface area (Å²) in [5, 5.41) is 3.72. The molecule has 1 fully saturated rings. The fraction of sp³-hybridized carbons (Fsp3) is 0.545. The second-order valence-electron chi connectivity index (χ2n) is 4.48. The average molecular weight is 318 g/mol. The van der Waals surface area contributed by atoms with Crippen LogP contribution < -0.4 is 21.7 Å². The normalized spacial score (nSPS) is 16.4. The van der Waals surface area contributed by atoms with Gasteiger partial charge in [-0.1, -0.05) is 6.92 Å². The van der Waals surface area contributed by atoms with Crippen LogP contribution in [-0.2, 0) is 9.84 Å². The summed E-state index contributed by atoms with van der Waals surface area (Å²) >= 11 is 1.06. The number of nitrogens with two attached hydrogens (primary N) is 2. The van der Waals surface area contributed by atoms with Gasteiger partial charge in [0.25, 0.3) is 5.91 Å². The van der Waals surface area contributed by atoms with Gasteiger partial charge in [0.15, 0.2) is 9.84 Å². The van der Waals surface area contributed by atoms with Crippen LogP contribution in [0.5, 0.6) is 0 Å². The molecular formula is C11H18N4O3S2. The van der Waals surface area contributed by atoms with Gasteiger partial charge in [-0.2, -0.15) is 0 Å². The lowest BCUT2D eigenvalue weighted by atomic mass is 10.3. The maximum Gasteiger partial charge on any atom is 0.261 e. The van der Waals surface area contributed by atoms with Crippen LogP contribution in [0.15, 0.2) is 4.90 Å². The smallest absolute Gasteiger partial charge is 0.261 e. The number of nitrogen functional groups attached to an aromatic ring is 1. The first-order chi connectivity index (χ1) is 9.38. The second kappa shape index (κ2) is 5.58. The number of thiophene rings is 1. The molecule has 112 valence electrons. The number of rotatable bonds is 4. The van der Waals surface area contributed by atoms with Crippen molar-refractivity contribution in [2.75, 3.05) is 42.6 Å². The van der Waals surface area contributed by atoms with E-state index in [1.165, 1.54) is 0 Å². The first-order valence-electron chi connectivity index (χ1n) is 6.29. The van der Waals surface area contributed by atoms with Crippen LogP contribution in [0.4, 0.5) is 10.7 Å². The standard InChI is InChI=1S/C11H18N4O3S2/c1-2-20(17,18)9-7(12)8(10(13)16)19-11(9)15-5-3-14-4-6-15/h14H,2-6,12H2,1H3,(H2,13,16). The summed E-state index contributed by atoms with van der Waals surface area (Å²) in [6, 6.07) is 0. The quantitative estimate of drug-likeness (QED) is 0.697. The number of hydrogen-bond acceptors (Lipinski definition) is 7. The van der Waals surface area contributed by atoms with Gasteiger partial charge in [0.2, 0.25) is 0 Å². The monoisotopic (exact) mass is 318 g/mol. The average Bonchev–Trinajstić information content (AvgIpc) is 2.78. The third kappa shape index (κ3) is 2.60. The Labute approximate surface area is 121 Å².